The summed E-state index contributed by atoms with van der Waals surface area (Å²) in [5.41, 5.74) is 4.18. The van der Waals surface area contributed by atoms with Gasteiger partial charge in [0, 0.05) is 0 Å². The van der Waals surface area contributed by atoms with Crippen molar-refractivity contribution in [2.45, 2.75) is 51.9 Å². The average Bonchev–Trinajstić information content (AvgIpc) is 2.79. The second-order valence-corrected chi connectivity index (χ2v) is 7.95. The molecule has 3 aromatic carbocycles. The average molecular weight is 423 g/mol. The smallest absolute Gasteiger partial charge is 0.162 e. The van der Waals surface area contributed by atoms with Crippen molar-refractivity contribution in [3.8, 4) is 11.1 Å². The van der Waals surface area contributed by atoms with Crippen LogP contribution >= 0.6 is 0 Å². The predicted octanol–water partition coefficient (Wildman–Crippen LogP) is 8.02. The molecule has 0 aliphatic rings. The van der Waals surface area contributed by atoms with Gasteiger partial charge < -0.3 is 0 Å². The largest absolute Gasteiger partial charge is 0.207 e. The highest BCUT2D eigenvalue weighted by molar-refractivity contribution is 5.64. The summed E-state index contributed by atoms with van der Waals surface area (Å²) in [5.74, 6) is -1.96. The van der Waals surface area contributed by atoms with Crippen molar-refractivity contribution in [3.05, 3.63) is 107 Å². The van der Waals surface area contributed by atoms with Crippen LogP contribution in [0.1, 0.15) is 48.4 Å². The van der Waals surface area contributed by atoms with E-state index in [0.29, 0.717) is 30.4 Å². The lowest BCUT2D eigenvalue weighted by Crippen LogP contribution is -2.02. The van der Waals surface area contributed by atoms with E-state index in [9.17, 15) is 13.2 Å². The second-order valence-electron chi connectivity index (χ2n) is 7.95. The SMILES string of the molecule is C=CCCc1ccc(CCc2ccc(-c3ccc(CCCC)cc3)cc2F)c(F)c1F. The number of halogens is 3. The second kappa shape index (κ2) is 11.0. The summed E-state index contributed by atoms with van der Waals surface area (Å²) in [6.07, 6.45) is 6.61. The fraction of sp³-hybridized carbons (Fsp3) is 0.286. The normalized spacial score (nSPS) is 11.0. The molecule has 0 N–H and O–H groups in total. The van der Waals surface area contributed by atoms with Gasteiger partial charge in [-0.3, -0.25) is 0 Å². The van der Waals surface area contributed by atoms with Crippen molar-refractivity contribution < 1.29 is 13.2 Å². The zero-order chi connectivity index (χ0) is 22.2. The molecule has 162 valence electrons. The van der Waals surface area contributed by atoms with E-state index in [2.05, 4.69) is 25.6 Å². The summed E-state index contributed by atoms with van der Waals surface area (Å²) < 4.78 is 43.3. The van der Waals surface area contributed by atoms with Gasteiger partial charge in [0.05, 0.1) is 0 Å². The highest BCUT2D eigenvalue weighted by Crippen LogP contribution is 2.25. The molecule has 0 saturated heterocycles. The van der Waals surface area contributed by atoms with Gasteiger partial charge in [0.15, 0.2) is 11.6 Å². The van der Waals surface area contributed by atoms with Gasteiger partial charge in [-0.25, -0.2) is 13.2 Å². The first-order chi connectivity index (χ1) is 15.0. The van der Waals surface area contributed by atoms with Crippen molar-refractivity contribution >= 4 is 0 Å². The van der Waals surface area contributed by atoms with Crippen LogP contribution in [-0.4, -0.2) is 0 Å². The standard InChI is InChI=1S/C28H29F3/c1-3-5-7-20-9-11-21(12-10-20)25-18-14-22(26(29)19-25)13-15-24-17-16-23(8-6-4-2)27(30)28(24)31/h4,9-12,14,16-19H,2-3,5-8,13,15H2,1H3. The molecule has 0 atom stereocenters. The van der Waals surface area contributed by atoms with Crippen LogP contribution in [0.2, 0.25) is 0 Å². The van der Waals surface area contributed by atoms with Crippen LogP contribution < -0.4 is 0 Å². The number of allylic oxidation sites excluding steroid dienone is 1. The monoisotopic (exact) mass is 422 g/mol. The first kappa shape index (κ1) is 22.9. The molecule has 3 aromatic rings. The summed E-state index contributed by atoms with van der Waals surface area (Å²) >= 11 is 0. The molecule has 0 amide bonds. The number of rotatable bonds is 10. The Morgan fingerprint density at radius 2 is 1.29 bits per heavy atom. The van der Waals surface area contributed by atoms with Crippen molar-refractivity contribution in [1.82, 2.24) is 0 Å². The zero-order valence-electron chi connectivity index (χ0n) is 18.1. The Kier molecular flexibility index (Phi) is 8.11. The van der Waals surface area contributed by atoms with E-state index >= 15 is 0 Å². The molecule has 0 spiro atoms. The Morgan fingerprint density at radius 3 is 1.90 bits per heavy atom. The van der Waals surface area contributed by atoms with Crippen LogP contribution in [-0.2, 0) is 25.7 Å². The minimum absolute atomic E-state index is 0.243. The van der Waals surface area contributed by atoms with Gasteiger partial charge >= 0.3 is 0 Å². The van der Waals surface area contributed by atoms with E-state index in [1.165, 1.54) is 11.6 Å². The summed E-state index contributed by atoms with van der Waals surface area (Å²) in [6, 6.07) is 16.6. The first-order valence-corrected chi connectivity index (χ1v) is 11.0. The highest BCUT2D eigenvalue weighted by atomic mass is 19.2. The summed E-state index contributed by atoms with van der Waals surface area (Å²) in [7, 11) is 0. The molecule has 0 unspecified atom stereocenters. The van der Waals surface area contributed by atoms with Crippen LogP contribution in [0.15, 0.2) is 67.3 Å². The molecule has 31 heavy (non-hydrogen) atoms. The zero-order valence-corrected chi connectivity index (χ0v) is 18.1. The quantitative estimate of drug-likeness (QED) is 0.290. The molecule has 3 heteroatoms. The molecular formula is C28H29F3. The Balaban J connectivity index is 1.68. The van der Waals surface area contributed by atoms with E-state index in [1.54, 1.807) is 24.3 Å². The van der Waals surface area contributed by atoms with Crippen LogP contribution in [0.25, 0.3) is 11.1 Å². The van der Waals surface area contributed by atoms with E-state index in [-0.39, 0.29) is 17.8 Å². The van der Waals surface area contributed by atoms with Gasteiger partial charge in [0.25, 0.3) is 0 Å². The lowest BCUT2D eigenvalue weighted by molar-refractivity contribution is 0.488. The van der Waals surface area contributed by atoms with Crippen molar-refractivity contribution in [3.63, 3.8) is 0 Å². The molecule has 0 nitrogen and oxygen atoms in total. The lowest BCUT2D eigenvalue weighted by atomic mass is 9.97. The van der Waals surface area contributed by atoms with Gasteiger partial charge in [-0.15, -0.1) is 6.58 Å². The molecule has 0 aliphatic heterocycles. The van der Waals surface area contributed by atoms with Gasteiger partial charge in [-0.2, -0.15) is 0 Å². The third-order valence-electron chi connectivity index (χ3n) is 5.68. The molecule has 0 aromatic heterocycles. The van der Waals surface area contributed by atoms with E-state index in [0.717, 1.165) is 30.4 Å². The van der Waals surface area contributed by atoms with E-state index in [1.807, 2.05) is 18.2 Å². The molecule has 3 rings (SSSR count). The van der Waals surface area contributed by atoms with Gasteiger partial charge in [0.1, 0.15) is 5.82 Å². The number of benzene rings is 3. The van der Waals surface area contributed by atoms with Crippen molar-refractivity contribution in [2.75, 3.05) is 0 Å². The minimum Gasteiger partial charge on any atom is -0.207 e. The molecule has 0 fully saturated rings. The topological polar surface area (TPSA) is 0 Å². The molecule has 0 radical (unpaired) electrons. The van der Waals surface area contributed by atoms with Crippen LogP contribution in [0, 0.1) is 17.5 Å². The third kappa shape index (κ3) is 5.88. The fourth-order valence-corrected chi connectivity index (χ4v) is 3.72. The van der Waals surface area contributed by atoms with Gasteiger partial charge in [0.2, 0.25) is 0 Å². The fourth-order valence-electron chi connectivity index (χ4n) is 3.72. The highest BCUT2D eigenvalue weighted by Gasteiger charge is 2.14. The van der Waals surface area contributed by atoms with E-state index in [4.69, 9.17) is 0 Å². The molecular weight excluding hydrogens is 393 g/mol. The maximum atomic E-state index is 14.7. The summed E-state index contributed by atoms with van der Waals surface area (Å²) in [6.45, 7) is 5.77. The van der Waals surface area contributed by atoms with Gasteiger partial charge in [-0.05, 0) is 78.0 Å². The number of aryl methyl sites for hydroxylation is 4. The number of unbranched alkanes of at least 4 members (excludes halogenated alkanes) is 1. The number of hydrogen-bond donors (Lipinski definition) is 0. The number of hydrogen-bond acceptors (Lipinski definition) is 0. The van der Waals surface area contributed by atoms with Crippen LogP contribution in [0.5, 0.6) is 0 Å². The minimum atomic E-state index is -0.832. The molecule has 0 saturated carbocycles. The summed E-state index contributed by atoms with van der Waals surface area (Å²) in [4.78, 5) is 0. The Labute approximate surface area is 183 Å². The van der Waals surface area contributed by atoms with Crippen LogP contribution in [0.3, 0.4) is 0 Å². The predicted molar refractivity (Wildman–Crippen MR) is 123 cm³/mol. The maximum absolute atomic E-state index is 14.7. The maximum Gasteiger partial charge on any atom is 0.162 e. The van der Waals surface area contributed by atoms with Gasteiger partial charge in [-0.1, -0.05) is 68.0 Å². The molecule has 0 heterocycles. The molecule has 0 aliphatic carbocycles. The third-order valence-corrected chi connectivity index (χ3v) is 5.68. The molecule has 0 bridgehead atoms. The Bertz CT molecular complexity index is 1020. The van der Waals surface area contributed by atoms with Crippen LogP contribution in [0.4, 0.5) is 13.2 Å². The first-order valence-electron chi connectivity index (χ1n) is 11.0. The van der Waals surface area contributed by atoms with Crippen molar-refractivity contribution in [2.24, 2.45) is 0 Å². The lowest BCUT2D eigenvalue weighted by Gasteiger charge is -2.10. The van der Waals surface area contributed by atoms with Crippen molar-refractivity contribution in [1.29, 1.82) is 0 Å². The summed E-state index contributed by atoms with van der Waals surface area (Å²) in [5, 5.41) is 0. The van der Waals surface area contributed by atoms with E-state index < -0.39 is 11.6 Å². The Morgan fingerprint density at radius 1 is 0.710 bits per heavy atom. The Hall–Kier alpha value is -2.81.